The number of rotatable bonds is 67. The molecule has 0 aliphatic carbocycles. The topological polar surface area (TPSA) is 237 Å². The van der Waals surface area contributed by atoms with Gasteiger partial charge in [-0.15, -0.1) is 0 Å². The predicted octanol–water partition coefficient (Wildman–Crippen LogP) is 19.3. The lowest BCUT2D eigenvalue weighted by Gasteiger charge is -2.21. The monoisotopic (exact) mass is 1290 g/mol. The van der Waals surface area contributed by atoms with E-state index in [2.05, 4.69) is 58.9 Å². The summed E-state index contributed by atoms with van der Waals surface area (Å²) < 4.78 is 68.0. The van der Waals surface area contributed by atoms with Crippen LogP contribution >= 0.6 is 15.6 Å². The summed E-state index contributed by atoms with van der Waals surface area (Å²) in [5.74, 6) is -1.38. The van der Waals surface area contributed by atoms with E-state index >= 15 is 0 Å². The Hall–Kier alpha value is -2.46. The van der Waals surface area contributed by atoms with E-state index in [9.17, 15) is 43.2 Å². The zero-order chi connectivity index (χ0) is 64.9. The molecular weight excluding hydrogens is 1160 g/mol. The van der Waals surface area contributed by atoms with Crippen molar-refractivity contribution in [2.75, 3.05) is 39.6 Å². The maximum atomic E-state index is 13.0. The molecule has 0 aromatic carbocycles. The van der Waals surface area contributed by atoms with Crippen molar-refractivity contribution in [2.24, 2.45) is 5.92 Å². The fourth-order valence-electron chi connectivity index (χ4n) is 9.93. The molecule has 88 heavy (non-hydrogen) atoms. The Labute approximate surface area is 535 Å². The first kappa shape index (κ1) is 85.5. The first-order valence-corrected chi connectivity index (χ1v) is 38.4. The highest BCUT2D eigenvalue weighted by atomic mass is 31.2. The van der Waals surface area contributed by atoms with Gasteiger partial charge in [-0.25, -0.2) is 9.13 Å². The first-order valence-electron chi connectivity index (χ1n) is 35.5. The summed E-state index contributed by atoms with van der Waals surface area (Å²) >= 11 is 0. The summed E-state index contributed by atoms with van der Waals surface area (Å²) in [7, 11) is -9.90. The number of unbranched alkanes of at least 4 members (excludes halogenated alkanes) is 36. The minimum absolute atomic E-state index is 0.100. The van der Waals surface area contributed by atoms with Gasteiger partial charge < -0.3 is 33.8 Å². The maximum absolute atomic E-state index is 13.0. The molecule has 0 aliphatic rings. The van der Waals surface area contributed by atoms with Crippen molar-refractivity contribution in [3.05, 3.63) is 24.3 Å². The maximum Gasteiger partial charge on any atom is 0.472 e. The summed E-state index contributed by atoms with van der Waals surface area (Å²) in [5.41, 5.74) is 0. The van der Waals surface area contributed by atoms with E-state index in [0.717, 1.165) is 121 Å². The highest BCUT2D eigenvalue weighted by Gasteiger charge is 2.30. The summed E-state index contributed by atoms with van der Waals surface area (Å²) in [4.78, 5) is 72.2. The summed E-state index contributed by atoms with van der Waals surface area (Å²) in [5, 5.41) is 10.5. The molecule has 0 amide bonds. The van der Waals surface area contributed by atoms with Gasteiger partial charge in [-0.05, 0) is 57.3 Å². The molecule has 0 aliphatic heterocycles. The van der Waals surface area contributed by atoms with Gasteiger partial charge in [-0.1, -0.05) is 277 Å². The molecule has 0 fully saturated rings. The Morgan fingerprint density at radius 1 is 0.352 bits per heavy atom. The minimum atomic E-state index is -4.96. The largest absolute Gasteiger partial charge is 0.472 e. The zero-order valence-electron chi connectivity index (χ0n) is 56.3. The number of hydrogen-bond donors (Lipinski definition) is 3. The Morgan fingerprint density at radius 3 is 0.932 bits per heavy atom. The smallest absolute Gasteiger partial charge is 0.462 e. The molecule has 0 spiro atoms. The fourth-order valence-corrected chi connectivity index (χ4v) is 11.5. The van der Waals surface area contributed by atoms with Crippen molar-refractivity contribution >= 4 is 39.5 Å². The molecule has 0 saturated heterocycles. The van der Waals surface area contributed by atoms with E-state index in [4.69, 9.17) is 37.0 Å². The third-order valence-corrected chi connectivity index (χ3v) is 17.3. The number of aliphatic hydroxyl groups is 1. The van der Waals surface area contributed by atoms with Gasteiger partial charge in [0.15, 0.2) is 12.2 Å². The van der Waals surface area contributed by atoms with Crippen LogP contribution in [0.3, 0.4) is 0 Å². The Kier molecular flexibility index (Phi) is 60.3. The number of ether oxygens (including phenoxy) is 4. The van der Waals surface area contributed by atoms with Crippen LogP contribution in [-0.2, 0) is 65.4 Å². The highest BCUT2D eigenvalue weighted by molar-refractivity contribution is 7.47. The van der Waals surface area contributed by atoms with Crippen LogP contribution in [0.5, 0.6) is 0 Å². The highest BCUT2D eigenvalue weighted by Crippen LogP contribution is 2.45. The van der Waals surface area contributed by atoms with Gasteiger partial charge in [-0.3, -0.25) is 37.3 Å². The molecule has 0 aromatic heterocycles. The van der Waals surface area contributed by atoms with Crippen molar-refractivity contribution in [3.8, 4) is 0 Å². The molecule has 3 N–H and O–H groups in total. The quantitative estimate of drug-likeness (QED) is 0.0169. The van der Waals surface area contributed by atoms with Gasteiger partial charge in [-0.2, -0.15) is 0 Å². The van der Waals surface area contributed by atoms with Gasteiger partial charge >= 0.3 is 39.5 Å². The van der Waals surface area contributed by atoms with E-state index in [1.165, 1.54) is 128 Å². The molecular formula is C69H130O17P2. The lowest BCUT2D eigenvalue weighted by molar-refractivity contribution is -0.161. The number of esters is 4. The molecule has 0 saturated carbocycles. The van der Waals surface area contributed by atoms with E-state index in [1.54, 1.807) is 0 Å². The number of hydrogen-bond acceptors (Lipinski definition) is 15. The van der Waals surface area contributed by atoms with Gasteiger partial charge in [0.2, 0.25) is 0 Å². The minimum Gasteiger partial charge on any atom is -0.462 e. The van der Waals surface area contributed by atoms with Gasteiger partial charge in [0.05, 0.1) is 26.4 Å². The van der Waals surface area contributed by atoms with Crippen LogP contribution in [0.15, 0.2) is 24.3 Å². The Morgan fingerprint density at radius 2 is 0.614 bits per heavy atom. The van der Waals surface area contributed by atoms with Crippen molar-refractivity contribution in [2.45, 2.75) is 348 Å². The SMILES string of the molecule is CCCCCC/C=C\C=C/CCCCCCCC(=O)OC[C@H](COP(=O)(O)OC[C@@H](O)COP(=O)(O)OC[C@@H](COC(=O)CCCCCCC)OC(=O)CCCCCCCCCCCCCC)OC(=O)CCCCCCCCCCCCCCCC(C)C. The van der Waals surface area contributed by atoms with E-state index < -0.39 is 97.5 Å². The molecule has 2 unspecified atom stereocenters. The van der Waals surface area contributed by atoms with E-state index in [0.29, 0.717) is 25.7 Å². The first-order chi connectivity index (χ1) is 42.5. The lowest BCUT2D eigenvalue weighted by atomic mass is 10.0. The van der Waals surface area contributed by atoms with Crippen LogP contribution < -0.4 is 0 Å². The Balaban J connectivity index is 5.20. The van der Waals surface area contributed by atoms with Crippen molar-refractivity contribution < 1.29 is 80.2 Å². The number of allylic oxidation sites excluding steroid dienone is 4. The molecule has 0 heterocycles. The summed E-state index contributed by atoms with van der Waals surface area (Å²) in [6.07, 6.45) is 51.1. The third-order valence-electron chi connectivity index (χ3n) is 15.4. The number of carbonyl (C=O) groups excluding carboxylic acids is 4. The summed E-state index contributed by atoms with van der Waals surface area (Å²) in [6.45, 7) is 7.10. The van der Waals surface area contributed by atoms with Gasteiger partial charge in [0.25, 0.3) is 0 Å². The summed E-state index contributed by atoms with van der Waals surface area (Å²) in [6, 6.07) is 0. The number of phosphoric ester groups is 2. The molecule has 17 nitrogen and oxygen atoms in total. The molecule has 19 heteroatoms. The molecule has 5 atom stereocenters. The van der Waals surface area contributed by atoms with Crippen LogP contribution in [-0.4, -0.2) is 96.7 Å². The van der Waals surface area contributed by atoms with Crippen molar-refractivity contribution in [1.82, 2.24) is 0 Å². The van der Waals surface area contributed by atoms with Crippen molar-refractivity contribution in [3.63, 3.8) is 0 Å². The number of aliphatic hydroxyl groups excluding tert-OH is 1. The average Bonchev–Trinajstić information content (AvgIpc) is 3.63. The van der Waals surface area contributed by atoms with Gasteiger partial charge in [0.1, 0.15) is 19.3 Å². The number of phosphoric acid groups is 2. The van der Waals surface area contributed by atoms with Crippen LogP contribution in [0, 0.1) is 5.92 Å². The Bertz CT molecular complexity index is 1800. The van der Waals surface area contributed by atoms with Crippen LogP contribution in [0.1, 0.15) is 330 Å². The second-order valence-corrected chi connectivity index (χ2v) is 27.6. The van der Waals surface area contributed by atoms with Crippen LogP contribution in [0.25, 0.3) is 0 Å². The molecule has 0 rings (SSSR count). The van der Waals surface area contributed by atoms with Crippen LogP contribution in [0.2, 0.25) is 0 Å². The zero-order valence-corrected chi connectivity index (χ0v) is 58.1. The molecule has 0 radical (unpaired) electrons. The van der Waals surface area contributed by atoms with Crippen molar-refractivity contribution in [1.29, 1.82) is 0 Å². The lowest BCUT2D eigenvalue weighted by Crippen LogP contribution is -2.30. The number of carbonyl (C=O) groups is 4. The third kappa shape index (κ3) is 62.4. The van der Waals surface area contributed by atoms with E-state index in [-0.39, 0.29) is 25.7 Å². The normalized spacial score (nSPS) is 14.3. The molecule has 0 aromatic rings. The fraction of sp³-hybridized carbons (Fsp3) is 0.884. The average molecular weight is 1290 g/mol. The second kappa shape index (κ2) is 62.0. The standard InChI is InChI=1S/C69H130O17P2/c1-6-9-12-15-17-19-21-23-24-27-31-34-38-43-48-53-67(72)80-59-65(86-69(74)55-50-45-40-36-32-28-25-26-29-33-37-42-46-51-62(4)5)61-84-88(77,78)82-57-63(70)56-81-87(75,76)83-60-64(58-79-66(71)52-47-41-14-11-8-3)85-68(73)54-49-44-39-35-30-22-20-18-16-13-10-7-2/h19,21,23-24,62-65,70H,6-18,20,22,25-61H2,1-5H3,(H,75,76)(H,77,78)/b21-19-,24-23-/t63-,64+,65+/m0/s1. The van der Waals surface area contributed by atoms with Crippen LogP contribution in [0.4, 0.5) is 0 Å². The second-order valence-electron chi connectivity index (χ2n) is 24.7. The predicted molar refractivity (Wildman–Crippen MR) is 354 cm³/mol. The molecule has 518 valence electrons. The van der Waals surface area contributed by atoms with Gasteiger partial charge in [0, 0.05) is 25.7 Å². The molecule has 0 bridgehead atoms. The van der Waals surface area contributed by atoms with E-state index in [1.807, 2.05) is 0 Å².